The van der Waals surface area contributed by atoms with Gasteiger partial charge in [0.25, 0.3) is 6.43 Å². The number of carbonyl (C=O) groups is 1. The molecule has 0 atom stereocenters. The van der Waals surface area contributed by atoms with Crippen molar-refractivity contribution in [3.05, 3.63) is 27.5 Å². The highest BCUT2D eigenvalue weighted by atomic mass is 79.9. The van der Waals surface area contributed by atoms with Gasteiger partial charge in [0.2, 0.25) is 0 Å². The van der Waals surface area contributed by atoms with Crippen LogP contribution in [0.5, 0.6) is 0 Å². The molecule has 1 N–H and O–H groups in total. The average Bonchev–Trinajstić information content (AvgIpc) is 2.12. The molecular formula is C9H8BrF2NO2. The van der Waals surface area contributed by atoms with Gasteiger partial charge in [-0.25, -0.2) is 8.78 Å². The SMILES string of the molecule is Cc1cnc(C(F)F)c(CC(=O)O)c1Br. The van der Waals surface area contributed by atoms with Gasteiger partial charge in [-0.3, -0.25) is 9.78 Å². The van der Waals surface area contributed by atoms with Gasteiger partial charge in [0.05, 0.1) is 6.42 Å². The van der Waals surface area contributed by atoms with E-state index in [-0.39, 0.29) is 5.56 Å². The van der Waals surface area contributed by atoms with Crippen LogP contribution in [0.1, 0.15) is 23.2 Å². The summed E-state index contributed by atoms with van der Waals surface area (Å²) in [5, 5.41) is 8.59. The molecule has 0 aromatic carbocycles. The minimum Gasteiger partial charge on any atom is -0.481 e. The number of aryl methyl sites for hydroxylation is 1. The van der Waals surface area contributed by atoms with Crippen molar-refractivity contribution in [1.29, 1.82) is 0 Å². The summed E-state index contributed by atoms with van der Waals surface area (Å²) < 4.78 is 25.4. The zero-order valence-corrected chi connectivity index (χ0v) is 9.38. The molecule has 0 bridgehead atoms. The molecule has 0 radical (unpaired) electrons. The van der Waals surface area contributed by atoms with Crippen molar-refractivity contribution in [1.82, 2.24) is 4.98 Å². The van der Waals surface area contributed by atoms with Gasteiger partial charge in [-0.2, -0.15) is 0 Å². The predicted octanol–water partition coefficient (Wildman–Crippen LogP) is 2.72. The van der Waals surface area contributed by atoms with Crippen molar-refractivity contribution in [2.24, 2.45) is 0 Å². The monoisotopic (exact) mass is 279 g/mol. The van der Waals surface area contributed by atoms with Crippen LogP contribution in [0.2, 0.25) is 0 Å². The molecule has 0 spiro atoms. The van der Waals surface area contributed by atoms with Crippen LogP contribution in [0, 0.1) is 6.92 Å². The summed E-state index contributed by atoms with van der Waals surface area (Å²) in [6.45, 7) is 1.66. The van der Waals surface area contributed by atoms with Crippen LogP contribution in [0.3, 0.4) is 0 Å². The molecule has 3 nitrogen and oxygen atoms in total. The Labute approximate surface area is 93.3 Å². The molecule has 0 aliphatic rings. The van der Waals surface area contributed by atoms with Gasteiger partial charge in [-0.05, 0) is 12.5 Å². The fourth-order valence-electron chi connectivity index (χ4n) is 1.16. The van der Waals surface area contributed by atoms with E-state index in [1.54, 1.807) is 6.92 Å². The molecular weight excluding hydrogens is 272 g/mol. The van der Waals surface area contributed by atoms with Crippen LogP contribution in [-0.4, -0.2) is 16.1 Å². The van der Waals surface area contributed by atoms with Crippen LogP contribution < -0.4 is 0 Å². The Hall–Kier alpha value is -1.04. The first kappa shape index (κ1) is 12.0. The largest absolute Gasteiger partial charge is 0.481 e. The molecule has 0 amide bonds. The van der Waals surface area contributed by atoms with Gasteiger partial charge in [0, 0.05) is 16.2 Å². The van der Waals surface area contributed by atoms with E-state index in [4.69, 9.17) is 5.11 Å². The normalized spacial score (nSPS) is 10.7. The van der Waals surface area contributed by atoms with E-state index < -0.39 is 24.5 Å². The van der Waals surface area contributed by atoms with E-state index in [2.05, 4.69) is 20.9 Å². The average molecular weight is 280 g/mol. The Kier molecular flexibility index (Phi) is 3.73. The van der Waals surface area contributed by atoms with E-state index in [0.717, 1.165) is 0 Å². The number of nitrogens with zero attached hydrogens (tertiary/aromatic N) is 1. The Morgan fingerprint density at radius 3 is 2.73 bits per heavy atom. The summed E-state index contributed by atoms with van der Waals surface area (Å²) in [4.78, 5) is 14.1. The van der Waals surface area contributed by atoms with Gasteiger partial charge in [-0.15, -0.1) is 0 Å². The first-order valence-electron chi connectivity index (χ1n) is 4.07. The molecule has 1 aromatic heterocycles. The van der Waals surface area contributed by atoms with Crippen LogP contribution >= 0.6 is 15.9 Å². The minimum absolute atomic E-state index is 0.0394. The molecule has 0 aliphatic heterocycles. The lowest BCUT2D eigenvalue weighted by molar-refractivity contribution is -0.136. The lowest BCUT2D eigenvalue weighted by Gasteiger charge is -2.10. The van der Waals surface area contributed by atoms with Gasteiger partial charge in [0.1, 0.15) is 5.69 Å². The number of rotatable bonds is 3. The van der Waals surface area contributed by atoms with Crippen LogP contribution in [0.25, 0.3) is 0 Å². The standard InChI is InChI=1S/C9H8BrF2NO2/c1-4-3-13-8(9(11)12)5(7(4)10)2-6(14)15/h3,9H,2H2,1H3,(H,14,15). The number of halogens is 3. The maximum absolute atomic E-state index is 12.5. The third kappa shape index (κ3) is 2.71. The number of hydrogen-bond donors (Lipinski definition) is 1. The minimum atomic E-state index is -2.77. The molecule has 82 valence electrons. The van der Waals surface area contributed by atoms with Gasteiger partial charge < -0.3 is 5.11 Å². The second kappa shape index (κ2) is 4.65. The molecule has 0 unspecified atom stereocenters. The van der Waals surface area contributed by atoms with E-state index in [1.807, 2.05) is 0 Å². The smallest absolute Gasteiger partial charge is 0.307 e. The molecule has 6 heteroatoms. The van der Waals surface area contributed by atoms with Gasteiger partial charge in [0.15, 0.2) is 0 Å². The lowest BCUT2D eigenvalue weighted by atomic mass is 10.1. The maximum atomic E-state index is 12.5. The summed E-state index contributed by atoms with van der Waals surface area (Å²) in [7, 11) is 0. The fourth-order valence-corrected chi connectivity index (χ4v) is 1.60. The highest BCUT2D eigenvalue weighted by Gasteiger charge is 2.20. The number of carboxylic acid groups (broad SMARTS) is 1. The molecule has 0 aliphatic carbocycles. The molecule has 1 heterocycles. The summed E-state index contributed by atoms with van der Waals surface area (Å²) in [6.07, 6.45) is -1.94. The third-order valence-electron chi connectivity index (χ3n) is 1.85. The van der Waals surface area contributed by atoms with E-state index >= 15 is 0 Å². The van der Waals surface area contributed by atoms with Crippen molar-refractivity contribution in [2.75, 3.05) is 0 Å². The second-order valence-electron chi connectivity index (χ2n) is 2.99. The molecule has 1 aromatic rings. The first-order valence-corrected chi connectivity index (χ1v) is 4.86. The number of pyridine rings is 1. The molecule has 0 fully saturated rings. The first-order chi connectivity index (χ1) is 6.93. The number of carboxylic acids is 1. The quantitative estimate of drug-likeness (QED) is 0.926. The Bertz CT molecular complexity index is 396. The number of alkyl halides is 2. The van der Waals surface area contributed by atoms with E-state index in [0.29, 0.717) is 10.0 Å². The molecule has 1 rings (SSSR count). The van der Waals surface area contributed by atoms with Crippen LogP contribution in [0.15, 0.2) is 10.7 Å². The molecule has 15 heavy (non-hydrogen) atoms. The Balaban J connectivity index is 3.28. The summed E-state index contributed by atoms with van der Waals surface area (Å²) in [6, 6.07) is 0. The Morgan fingerprint density at radius 2 is 2.27 bits per heavy atom. The number of aromatic nitrogens is 1. The van der Waals surface area contributed by atoms with Crippen molar-refractivity contribution >= 4 is 21.9 Å². The van der Waals surface area contributed by atoms with Crippen molar-refractivity contribution in [3.63, 3.8) is 0 Å². The summed E-state index contributed by atoms with van der Waals surface area (Å²) >= 11 is 3.09. The zero-order valence-electron chi connectivity index (χ0n) is 7.80. The molecule has 0 saturated heterocycles. The van der Waals surface area contributed by atoms with Crippen molar-refractivity contribution in [2.45, 2.75) is 19.8 Å². The van der Waals surface area contributed by atoms with E-state index in [1.165, 1.54) is 6.20 Å². The van der Waals surface area contributed by atoms with E-state index in [9.17, 15) is 13.6 Å². The second-order valence-corrected chi connectivity index (χ2v) is 3.78. The number of aliphatic carboxylic acids is 1. The van der Waals surface area contributed by atoms with Crippen molar-refractivity contribution < 1.29 is 18.7 Å². The number of hydrogen-bond acceptors (Lipinski definition) is 2. The summed E-state index contributed by atoms with van der Waals surface area (Å²) in [5.41, 5.74) is 0.197. The topological polar surface area (TPSA) is 50.2 Å². The van der Waals surface area contributed by atoms with Gasteiger partial charge in [-0.1, -0.05) is 15.9 Å². The van der Waals surface area contributed by atoms with Crippen molar-refractivity contribution in [3.8, 4) is 0 Å². The predicted molar refractivity (Wildman–Crippen MR) is 53.0 cm³/mol. The summed E-state index contributed by atoms with van der Waals surface area (Å²) in [5.74, 6) is -1.16. The van der Waals surface area contributed by atoms with Crippen LogP contribution in [-0.2, 0) is 11.2 Å². The highest BCUT2D eigenvalue weighted by Crippen LogP contribution is 2.29. The maximum Gasteiger partial charge on any atom is 0.307 e. The molecule has 0 saturated carbocycles. The fraction of sp³-hybridized carbons (Fsp3) is 0.333. The van der Waals surface area contributed by atoms with Crippen LogP contribution in [0.4, 0.5) is 8.78 Å². The Morgan fingerprint density at radius 1 is 1.67 bits per heavy atom. The highest BCUT2D eigenvalue weighted by molar-refractivity contribution is 9.10. The zero-order chi connectivity index (χ0) is 11.6. The lowest BCUT2D eigenvalue weighted by Crippen LogP contribution is -2.07. The third-order valence-corrected chi connectivity index (χ3v) is 2.96. The van der Waals surface area contributed by atoms with Gasteiger partial charge >= 0.3 is 5.97 Å².